The smallest absolute Gasteiger partial charge is 0.422 e. The molecule has 0 aromatic heterocycles. The van der Waals surface area contributed by atoms with Crippen LogP contribution in [-0.4, -0.2) is 35.7 Å². The van der Waals surface area contributed by atoms with E-state index in [-0.39, 0.29) is 30.1 Å². The molecule has 0 bridgehead atoms. The van der Waals surface area contributed by atoms with Crippen molar-refractivity contribution in [2.24, 2.45) is 17.8 Å². The van der Waals surface area contributed by atoms with Crippen molar-refractivity contribution in [1.82, 2.24) is 0 Å². The number of aliphatic hydroxyl groups is 2. The third-order valence-corrected chi connectivity index (χ3v) is 6.66. The lowest BCUT2D eigenvalue weighted by Gasteiger charge is -2.32. The number of rotatable bonds is 10. The van der Waals surface area contributed by atoms with Gasteiger partial charge in [-0.2, -0.15) is 13.2 Å². The van der Waals surface area contributed by atoms with Crippen LogP contribution in [0.5, 0.6) is 5.75 Å². The molecule has 180 valence electrons. The fraction of sp³-hybridized carbons (Fsp3) is 0.462. The van der Waals surface area contributed by atoms with E-state index in [1.807, 2.05) is 25.1 Å². The molecule has 0 amide bonds. The first-order valence-corrected chi connectivity index (χ1v) is 11.2. The van der Waals surface area contributed by atoms with Crippen molar-refractivity contribution in [2.45, 2.75) is 45.4 Å². The zero-order valence-electron chi connectivity index (χ0n) is 18.9. The average Bonchev–Trinajstić information content (AvgIpc) is 2.78. The second-order valence-electron chi connectivity index (χ2n) is 8.52. The predicted octanol–water partition coefficient (Wildman–Crippen LogP) is 5.85. The van der Waals surface area contributed by atoms with Crippen molar-refractivity contribution >= 4 is 11.6 Å². The molecule has 0 spiro atoms. The maximum atomic E-state index is 12.3. The van der Waals surface area contributed by atoms with Gasteiger partial charge in [0, 0.05) is 5.02 Å². The van der Waals surface area contributed by atoms with E-state index in [0.29, 0.717) is 11.4 Å². The molecule has 5 atom stereocenters. The van der Waals surface area contributed by atoms with Crippen molar-refractivity contribution in [3.8, 4) is 18.1 Å². The predicted molar refractivity (Wildman–Crippen MR) is 124 cm³/mol. The standard InChI is InChI=1S/C26H30ClF3O3/c1-5-23(25(32)14-31)18(4)16(2)17(3)20-8-11-24(27)21(13-20)12-19-6-9-22(10-7-19)33-15-26(28,29)30/h1,6-11,13,16-18,23,25,31-32H,12,14-15H2,2-4H3/t16-,17?,18+,23-,25+/m0/s1. The van der Waals surface area contributed by atoms with Gasteiger partial charge in [0.1, 0.15) is 5.75 Å². The number of terminal acetylenes is 1. The van der Waals surface area contributed by atoms with Crippen LogP contribution in [-0.2, 0) is 6.42 Å². The molecule has 2 aromatic rings. The Morgan fingerprint density at radius 2 is 1.70 bits per heavy atom. The minimum Gasteiger partial charge on any atom is -0.484 e. The Labute approximate surface area is 198 Å². The van der Waals surface area contributed by atoms with Gasteiger partial charge in [0.05, 0.1) is 18.6 Å². The first-order chi connectivity index (χ1) is 15.5. The van der Waals surface area contributed by atoms with E-state index in [0.717, 1.165) is 16.7 Å². The number of aliphatic hydroxyl groups excluding tert-OH is 2. The maximum Gasteiger partial charge on any atom is 0.422 e. The first-order valence-electron chi connectivity index (χ1n) is 10.8. The highest BCUT2D eigenvalue weighted by Crippen LogP contribution is 2.36. The monoisotopic (exact) mass is 482 g/mol. The molecule has 33 heavy (non-hydrogen) atoms. The van der Waals surface area contributed by atoms with E-state index < -0.39 is 24.8 Å². The molecule has 7 heteroatoms. The summed E-state index contributed by atoms with van der Waals surface area (Å²) in [5.74, 6) is 2.50. The molecular weight excluding hydrogens is 453 g/mol. The Hall–Kier alpha value is -2.20. The third kappa shape index (κ3) is 7.67. The van der Waals surface area contributed by atoms with Gasteiger partial charge in [-0.3, -0.25) is 0 Å². The fourth-order valence-corrected chi connectivity index (χ4v) is 4.10. The number of hydrogen-bond donors (Lipinski definition) is 2. The Bertz CT molecular complexity index is 937. The number of alkyl halides is 3. The highest BCUT2D eigenvalue weighted by molar-refractivity contribution is 6.31. The second kappa shape index (κ2) is 11.8. The summed E-state index contributed by atoms with van der Waals surface area (Å²) in [7, 11) is 0. The van der Waals surface area contributed by atoms with Crippen LogP contribution in [0, 0.1) is 30.1 Å². The van der Waals surface area contributed by atoms with Crippen LogP contribution < -0.4 is 4.74 Å². The van der Waals surface area contributed by atoms with Crippen LogP contribution in [0.1, 0.15) is 43.4 Å². The number of hydrogen-bond acceptors (Lipinski definition) is 3. The summed E-state index contributed by atoms with van der Waals surface area (Å²) in [5.41, 5.74) is 2.85. The van der Waals surface area contributed by atoms with Crippen molar-refractivity contribution in [1.29, 1.82) is 0 Å². The highest BCUT2D eigenvalue weighted by atomic mass is 35.5. The molecule has 1 unspecified atom stereocenters. The van der Waals surface area contributed by atoms with E-state index >= 15 is 0 Å². The quantitative estimate of drug-likeness (QED) is 0.418. The van der Waals surface area contributed by atoms with Gasteiger partial charge >= 0.3 is 6.18 Å². The molecule has 2 rings (SSSR count). The number of benzene rings is 2. The van der Waals surface area contributed by atoms with Crippen LogP contribution >= 0.6 is 11.6 Å². The zero-order chi connectivity index (χ0) is 24.8. The van der Waals surface area contributed by atoms with Gasteiger partial charge in [-0.25, -0.2) is 0 Å². The summed E-state index contributed by atoms with van der Waals surface area (Å²) < 4.78 is 41.7. The summed E-state index contributed by atoms with van der Waals surface area (Å²) in [5, 5.41) is 19.9. The summed E-state index contributed by atoms with van der Waals surface area (Å²) in [4.78, 5) is 0. The largest absolute Gasteiger partial charge is 0.484 e. The number of halogens is 4. The van der Waals surface area contributed by atoms with Crippen LogP contribution in [0.15, 0.2) is 42.5 Å². The first kappa shape index (κ1) is 27.0. The van der Waals surface area contributed by atoms with Gasteiger partial charge in [0.2, 0.25) is 0 Å². The molecule has 2 aromatic carbocycles. The van der Waals surface area contributed by atoms with Crippen molar-refractivity contribution in [3.05, 3.63) is 64.2 Å². The van der Waals surface area contributed by atoms with Crippen molar-refractivity contribution < 1.29 is 28.1 Å². The minimum absolute atomic E-state index is 0.0319. The Morgan fingerprint density at radius 3 is 2.24 bits per heavy atom. The SMILES string of the molecule is C#C[C@@H]([C@H](C)[C@@H](C)C(C)c1ccc(Cl)c(Cc2ccc(OCC(F)(F)F)cc2)c1)[C@H](O)CO. The molecule has 0 aliphatic carbocycles. The van der Waals surface area contributed by atoms with E-state index in [1.54, 1.807) is 12.1 Å². The number of ether oxygens (including phenoxy) is 1. The third-order valence-electron chi connectivity index (χ3n) is 6.29. The Kier molecular flexibility index (Phi) is 9.66. The zero-order valence-corrected chi connectivity index (χ0v) is 19.7. The lowest BCUT2D eigenvalue weighted by Crippen LogP contribution is -2.33. The van der Waals surface area contributed by atoms with Gasteiger partial charge in [-0.05, 0) is 59.1 Å². The van der Waals surface area contributed by atoms with Gasteiger partial charge < -0.3 is 14.9 Å². The minimum atomic E-state index is -4.38. The summed E-state index contributed by atoms with van der Waals surface area (Å²) in [6.07, 6.45) is 0.768. The maximum absolute atomic E-state index is 12.3. The Balaban J connectivity index is 2.14. The lowest BCUT2D eigenvalue weighted by atomic mass is 9.73. The van der Waals surface area contributed by atoms with E-state index in [9.17, 15) is 23.4 Å². The molecule has 0 fully saturated rings. The Morgan fingerprint density at radius 1 is 1.06 bits per heavy atom. The van der Waals surface area contributed by atoms with E-state index in [1.165, 1.54) is 12.1 Å². The molecule has 2 N–H and O–H groups in total. The normalized spacial score (nSPS) is 16.4. The van der Waals surface area contributed by atoms with Gasteiger partial charge in [0.15, 0.2) is 6.61 Å². The van der Waals surface area contributed by atoms with Crippen LogP contribution in [0.3, 0.4) is 0 Å². The lowest BCUT2D eigenvalue weighted by molar-refractivity contribution is -0.153. The molecule has 0 aliphatic heterocycles. The van der Waals surface area contributed by atoms with E-state index in [4.69, 9.17) is 22.8 Å². The summed E-state index contributed by atoms with van der Waals surface area (Å²) in [6.45, 7) is 4.41. The molecular formula is C26H30ClF3O3. The van der Waals surface area contributed by atoms with Gasteiger partial charge in [0.25, 0.3) is 0 Å². The van der Waals surface area contributed by atoms with Crippen molar-refractivity contribution in [3.63, 3.8) is 0 Å². The van der Waals surface area contributed by atoms with Crippen LogP contribution in [0.4, 0.5) is 13.2 Å². The van der Waals surface area contributed by atoms with Crippen LogP contribution in [0.25, 0.3) is 0 Å². The topological polar surface area (TPSA) is 49.7 Å². The molecule has 0 radical (unpaired) electrons. The fourth-order valence-electron chi connectivity index (χ4n) is 3.91. The average molecular weight is 483 g/mol. The van der Waals surface area contributed by atoms with E-state index in [2.05, 4.69) is 19.8 Å². The summed E-state index contributed by atoms with van der Waals surface area (Å²) in [6, 6.07) is 12.3. The van der Waals surface area contributed by atoms with Gasteiger partial charge in [-0.15, -0.1) is 12.3 Å². The van der Waals surface area contributed by atoms with Crippen LogP contribution in [0.2, 0.25) is 5.02 Å². The highest BCUT2D eigenvalue weighted by Gasteiger charge is 2.31. The van der Waals surface area contributed by atoms with Gasteiger partial charge in [-0.1, -0.05) is 56.6 Å². The second-order valence-corrected chi connectivity index (χ2v) is 8.93. The molecule has 0 saturated carbocycles. The molecule has 3 nitrogen and oxygen atoms in total. The van der Waals surface area contributed by atoms with Crippen molar-refractivity contribution in [2.75, 3.05) is 13.2 Å². The summed E-state index contributed by atoms with van der Waals surface area (Å²) >= 11 is 6.42. The molecule has 0 saturated heterocycles. The molecule has 0 heterocycles. The molecule has 0 aliphatic rings.